The van der Waals surface area contributed by atoms with Crippen LogP contribution in [0.4, 0.5) is 0 Å². The van der Waals surface area contributed by atoms with Gasteiger partial charge in [-0.05, 0) is 50.7 Å². The van der Waals surface area contributed by atoms with Gasteiger partial charge in [0.25, 0.3) is 0 Å². The molecule has 1 saturated carbocycles. The maximum absolute atomic E-state index is 14.0. The van der Waals surface area contributed by atoms with Gasteiger partial charge >= 0.3 is 0 Å². The summed E-state index contributed by atoms with van der Waals surface area (Å²) in [5.41, 5.74) is 22.6. The Kier molecular flexibility index (Phi) is 13.7. The molecule has 1 aromatic heterocycles. The van der Waals surface area contributed by atoms with Crippen LogP contribution in [0.3, 0.4) is 0 Å². The van der Waals surface area contributed by atoms with E-state index in [1.54, 1.807) is 0 Å². The molecule has 4 rings (SSSR count). The number of amides is 1. The second kappa shape index (κ2) is 17.7. The quantitative estimate of drug-likeness (QED) is 0.125. The maximum atomic E-state index is 14.0. The van der Waals surface area contributed by atoms with Gasteiger partial charge in [0.15, 0.2) is 18.5 Å². The molecule has 1 amide bonds. The number of nitrogens with two attached hydrogens (primary N) is 3. The topological polar surface area (TPSA) is 128 Å². The number of para-hydroxylation sites is 1. The number of aryl methyl sites for hydroxylation is 1. The number of hydrogen-bond acceptors (Lipinski definition) is 5. The minimum absolute atomic E-state index is 0.0451. The van der Waals surface area contributed by atoms with Crippen molar-refractivity contribution in [3.8, 4) is 0 Å². The molecule has 250 valence electrons. The summed E-state index contributed by atoms with van der Waals surface area (Å²) < 4.78 is 3.01. The van der Waals surface area contributed by atoms with Crippen molar-refractivity contribution < 1.29 is 18.6 Å². The number of likely N-dealkylation sites (N-methyl/N-ethyl adjacent to an activating group) is 1. The molecule has 0 radical (unpaired) electrons. The minimum atomic E-state index is -0.661. The summed E-state index contributed by atoms with van der Waals surface area (Å²) in [5.74, 6) is 0.429. The number of fused-ring (bicyclic) bond motifs is 1. The van der Waals surface area contributed by atoms with Crippen molar-refractivity contribution in [2.75, 3.05) is 39.8 Å². The van der Waals surface area contributed by atoms with Gasteiger partial charge in [-0.1, -0.05) is 74.1 Å². The molecule has 0 spiro atoms. The van der Waals surface area contributed by atoms with Gasteiger partial charge in [-0.25, -0.2) is 0 Å². The zero-order valence-corrected chi connectivity index (χ0v) is 28.3. The number of ketones is 1. The van der Waals surface area contributed by atoms with Gasteiger partial charge in [-0.15, -0.1) is 0 Å². The van der Waals surface area contributed by atoms with Crippen LogP contribution in [0.15, 0.2) is 60.8 Å². The molecule has 1 aliphatic rings. The number of nitrogens with one attached hydrogen (secondary N) is 1. The second-order valence-electron chi connectivity index (χ2n) is 13.9. The van der Waals surface area contributed by atoms with Crippen molar-refractivity contribution in [2.24, 2.45) is 23.1 Å². The van der Waals surface area contributed by atoms with Gasteiger partial charge in [0.05, 0.1) is 38.8 Å². The predicted molar refractivity (Wildman–Crippen MR) is 187 cm³/mol. The Hall–Kier alpha value is -3.17. The zero-order valence-electron chi connectivity index (χ0n) is 28.3. The predicted octanol–water partition coefficient (Wildman–Crippen LogP) is 3.91. The average Bonchev–Trinajstić information content (AvgIpc) is 3.04. The number of pyridine rings is 1. The van der Waals surface area contributed by atoms with Crippen molar-refractivity contribution >= 4 is 22.6 Å². The molecule has 2 aromatic carbocycles. The number of carbonyl (C=O) groups excluding carboxylic acids is 2. The third kappa shape index (κ3) is 10.7. The van der Waals surface area contributed by atoms with Gasteiger partial charge < -0.3 is 27.0 Å². The van der Waals surface area contributed by atoms with Crippen LogP contribution < -0.4 is 27.1 Å². The highest BCUT2D eigenvalue weighted by atomic mass is 16.2. The molecular weight excluding hydrogens is 572 g/mol. The molecule has 46 heavy (non-hydrogen) atoms. The molecule has 0 aliphatic heterocycles. The fourth-order valence-electron chi connectivity index (χ4n) is 7.07. The van der Waals surface area contributed by atoms with E-state index >= 15 is 0 Å². The molecule has 1 fully saturated rings. The number of nitrogens with zero attached hydrogens (tertiary/aromatic N) is 2. The summed E-state index contributed by atoms with van der Waals surface area (Å²) in [6.45, 7) is 6.55. The van der Waals surface area contributed by atoms with Crippen LogP contribution in [0.5, 0.6) is 0 Å². The zero-order chi connectivity index (χ0) is 32.9. The van der Waals surface area contributed by atoms with Crippen molar-refractivity contribution in [2.45, 2.75) is 89.8 Å². The normalized spacial score (nSPS) is 15.5. The van der Waals surface area contributed by atoms with Crippen LogP contribution >= 0.6 is 0 Å². The highest BCUT2D eigenvalue weighted by molar-refractivity contribution is 5.92. The Morgan fingerprint density at radius 3 is 2.33 bits per heavy atom. The average molecular weight is 631 g/mol. The lowest BCUT2D eigenvalue weighted by Gasteiger charge is -2.34. The first-order valence-corrected chi connectivity index (χ1v) is 17.5. The Balaban J connectivity index is 1.47. The summed E-state index contributed by atoms with van der Waals surface area (Å²) in [6, 6.07) is 17.8. The van der Waals surface area contributed by atoms with E-state index in [9.17, 15) is 9.59 Å². The van der Waals surface area contributed by atoms with E-state index in [-0.39, 0.29) is 18.1 Å². The van der Waals surface area contributed by atoms with Gasteiger partial charge in [0.2, 0.25) is 11.4 Å². The van der Waals surface area contributed by atoms with E-state index < -0.39 is 12.1 Å². The van der Waals surface area contributed by atoms with Crippen LogP contribution in [0.25, 0.3) is 10.9 Å². The minimum Gasteiger partial charge on any atom is -0.345 e. The summed E-state index contributed by atoms with van der Waals surface area (Å²) >= 11 is 0. The van der Waals surface area contributed by atoms with Gasteiger partial charge in [-0.2, -0.15) is 4.57 Å². The van der Waals surface area contributed by atoms with E-state index in [2.05, 4.69) is 78.6 Å². The van der Waals surface area contributed by atoms with Crippen LogP contribution in [-0.2, 0) is 22.6 Å². The lowest BCUT2D eigenvalue weighted by atomic mass is 9.84. The first kappa shape index (κ1) is 35.7. The van der Waals surface area contributed by atoms with Crippen LogP contribution in [-0.4, -0.2) is 68.0 Å². The monoisotopic (exact) mass is 630 g/mol. The van der Waals surface area contributed by atoms with Gasteiger partial charge in [-0.3, -0.25) is 9.59 Å². The van der Waals surface area contributed by atoms with E-state index in [1.807, 2.05) is 6.07 Å². The van der Waals surface area contributed by atoms with E-state index in [1.165, 1.54) is 43.2 Å². The van der Waals surface area contributed by atoms with Gasteiger partial charge in [0.1, 0.15) is 0 Å². The third-order valence-electron chi connectivity index (χ3n) is 9.94. The molecular formula is C38H58N6O2+2. The SMILES string of the molecule is Cc1ccc(C[n+]2cc(CC(=O)[C@H](CCC3CCCCC3)NC(=O)[C@@H](N)CCC[N+](C)(CCN)CCN)cc3ccccc32)cc1. The van der Waals surface area contributed by atoms with Crippen LogP contribution in [0, 0.1) is 12.8 Å². The van der Waals surface area contributed by atoms with Crippen molar-refractivity contribution in [3.05, 3.63) is 77.5 Å². The summed E-state index contributed by atoms with van der Waals surface area (Å²) in [7, 11) is 2.16. The molecule has 3 aromatic rings. The number of aromatic nitrogens is 1. The molecule has 2 atom stereocenters. The van der Waals surface area contributed by atoms with Crippen LogP contribution in [0.1, 0.15) is 74.5 Å². The largest absolute Gasteiger partial charge is 0.345 e. The van der Waals surface area contributed by atoms with E-state index in [0.29, 0.717) is 38.4 Å². The Morgan fingerprint density at radius 2 is 1.63 bits per heavy atom. The molecule has 1 heterocycles. The van der Waals surface area contributed by atoms with Crippen molar-refractivity contribution in [1.29, 1.82) is 0 Å². The maximum Gasteiger partial charge on any atom is 0.237 e. The second-order valence-corrected chi connectivity index (χ2v) is 13.9. The molecule has 8 nitrogen and oxygen atoms in total. The molecule has 8 heteroatoms. The third-order valence-corrected chi connectivity index (χ3v) is 9.94. The number of rotatable bonds is 18. The first-order chi connectivity index (χ1) is 22.2. The lowest BCUT2D eigenvalue weighted by Crippen LogP contribution is -2.52. The van der Waals surface area contributed by atoms with E-state index in [4.69, 9.17) is 17.2 Å². The number of hydrogen-bond donors (Lipinski definition) is 4. The van der Waals surface area contributed by atoms with Crippen LogP contribution in [0.2, 0.25) is 0 Å². The van der Waals surface area contributed by atoms with Gasteiger partial charge in [0, 0.05) is 42.1 Å². The van der Waals surface area contributed by atoms with E-state index in [0.717, 1.165) is 53.4 Å². The Labute approximate surface area is 276 Å². The Bertz CT molecular complexity index is 1400. The highest BCUT2D eigenvalue weighted by Gasteiger charge is 2.27. The molecule has 7 N–H and O–H groups in total. The Morgan fingerprint density at radius 1 is 0.935 bits per heavy atom. The standard InChI is InChI=1S/C38H57N6O2/c1-29-14-16-31(17-15-29)27-43-28-32(25-33-11-6-7-13-36(33)43)26-37(45)35(19-18-30-9-4-3-5-10-30)42-38(46)34(41)12-8-22-44(2,23-20-39)24-21-40/h6-7,11,13-17,25,28,30,34-35H,3-5,8-10,12,18-24,26-27,39-41H2,1-2H3/q+1/p+1/t34-,35-/m0/s1. The fraction of sp³-hybridized carbons (Fsp3) is 0.553. The van der Waals surface area contributed by atoms with Crippen molar-refractivity contribution in [3.63, 3.8) is 0 Å². The lowest BCUT2D eigenvalue weighted by molar-refractivity contribution is -0.907. The molecule has 0 bridgehead atoms. The molecule has 1 aliphatic carbocycles. The first-order valence-electron chi connectivity index (χ1n) is 17.5. The highest BCUT2D eigenvalue weighted by Crippen LogP contribution is 2.28. The number of carbonyl (C=O) groups is 2. The summed E-state index contributed by atoms with van der Waals surface area (Å²) in [4.78, 5) is 27.4. The molecule has 0 saturated heterocycles. The smallest absolute Gasteiger partial charge is 0.237 e. The van der Waals surface area contributed by atoms with Crippen molar-refractivity contribution in [1.82, 2.24) is 5.32 Å². The summed E-state index contributed by atoms with van der Waals surface area (Å²) in [5, 5.41) is 4.20. The summed E-state index contributed by atoms with van der Waals surface area (Å²) in [6.07, 6.45) is 11.5. The number of benzene rings is 2. The fourth-order valence-corrected chi connectivity index (χ4v) is 7.07. The molecule has 0 unspecified atom stereocenters. The number of Topliss-reactive ketones (excluding diaryl/α,β-unsaturated/α-hetero) is 1. The number of quaternary nitrogens is 1.